The molecule has 2 aliphatic rings. The van der Waals surface area contributed by atoms with Crippen LogP contribution in [0.3, 0.4) is 0 Å². The van der Waals surface area contributed by atoms with Crippen LogP contribution in [0, 0.1) is 0 Å². The SMILES string of the molecule is O=C(CSc1nc2ccccc2o1)OCC(=O)N(C1CCCC1)C1CCS(=O)(=O)C1. The number of para-hydroxylation sites is 2. The van der Waals surface area contributed by atoms with Crippen LogP contribution in [0.1, 0.15) is 32.1 Å². The Kier molecular flexibility index (Phi) is 6.33. The number of thioether (sulfide) groups is 1. The lowest BCUT2D eigenvalue weighted by Gasteiger charge is -2.33. The second-order valence-electron chi connectivity index (χ2n) is 7.69. The Bertz CT molecular complexity index is 996. The van der Waals surface area contributed by atoms with Gasteiger partial charge < -0.3 is 14.1 Å². The van der Waals surface area contributed by atoms with Crippen LogP contribution in [0.2, 0.25) is 0 Å². The van der Waals surface area contributed by atoms with Crippen LogP contribution in [0.25, 0.3) is 11.1 Å². The molecule has 162 valence electrons. The summed E-state index contributed by atoms with van der Waals surface area (Å²) >= 11 is 1.11. The molecule has 0 radical (unpaired) electrons. The van der Waals surface area contributed by atoms with Gasteiger partial charge in [0.2, 0.25) is 0 Å². The third-order valence-electron chi connectivity index (χ3n) is 5.55. The molecule has 1 amide bonds. The van der Waals surface area contributed by atoms with Crippen LogP contribution < -0.4 is 0 Å². The molecule has 1 aliphatic carbocycles. The minimum atomic E-state index is -3.11. The van der Waals surface area contributed by atoms with Crippen LogP contribution in [0.5, 0.6) is 0 Å². The van der Waals surface area contributed by atoms with Crippen molar-refractivity contribution in [1.29, 1.82) is 0 Å². The molecule has 2 aromatic rings. The molecule has 1 aromatic carbocycles. The fourth-order valence-electron chi connectivity index (χ4n) is 4.17. The standard InChI is InChI=1S/C20H24N2O6S2/c23-18(22(14-5-1-2-6-14)15-9-10-30(25,26)13-15)11-27-19(24)12-29-20-21-16-7-3-4-8-17(16)28-20/h3-4,7-8,14-15H,1-2,5-6,9-13H2. The number of aromatic nitrogens is 1. The molecular formula is C20H24N2O6S2. The summed E-state index contributed by atoms with van der Waals surface area (Å²) in [6, 6.07) is 7.02. The maximum atomic E-state index is 12.8. The van der Waals surface area contributed by atoms with E-state index in [9.17, 15) is 18.0 Å². The molecular weight excluding hydrogens is 428 g/mol. The lowest BCUT2D eigenvalue weighted by Crippen LogP contribution is -2.48. The van der Waals surface area contributed by atoms with E-state index in [2.05, 4.69) is 4.98 Å². The van der Waals surface area contributed by atoms with E-state index in [1.807, 2.05) is 18.2 Å². The zero-order chi connectivity index (χ0) is 21.1. The van der Waals surface area contributed by atoms with Gasteiger partial charge >= 0.3 is 5.97 Å². The molecule has 8 nitrogen and oxygen atoms in total. The Morgan fingerprint density at radius 1 is 1.17 bits per heavy atom. The zero-order valence-electron chi connectivity index (χ0n) is 16.5. The summed E-state index contributed by atoms with van der Waals surface area (Å²) in [6.07, 6.45) is 4.23. The molecule has 1 saturated carbocycles. The van der Waals surface area contributed by atoms with Gasteiger partial charge in [-0.3, -0.25) is 9.59 Å². The maximum absolute atomic E-state index is 12.8. The van der Waals surface area contributed by atoms with Gasteiger partial charge in [0, 0.05) is 12.1 Å². The molecule has 30 heavy (non-hydrogen) atoms. The molecule has 2 fully saturated rings. The molecule has 1 atom stereocenters. The molecule has 0 bridgehead atoms. The number of sulfone groups is 1. The average molecular weight is 453 g/mol. The number of ether oxygens (including phenoxy) is 1. The fraction of sp³-hybridized carbons (Fsp3) is 0.550. The molecule has 0 N–H and O–H groups in total. The van der Waals surface area contributed by atoms with Gasteiger partial charge in [0.05, 0.1) is 11.5 Å². The second kappa shape index (κ2) is 8.97. The van der Waals surface area contributed by atoms with Crippen LogP contribution >= 0.6 is 11.8 Å². The first-order valence-electron chi connectivity index (χ1n) is 10.1. The van der Waals surface area contributed by atoms with Gasteiger partial charge in [-0.2, -0.15) is 0 Å². The highest BCUT2D eigenvalue weighted by Crippen LogP contribution is 2.29. The summed E-state index contributed by atoms with van der Waals surface area (Å²) in [5.41, 5.74) is 1.35. The minimum Gasteiger partial charge on any atom is -0.455 e. The molecule has 0 spiro atoms. The van der Waals surface area contributed by atoms with Crippen molar-refractivity contribution in [3.05, 3.63) is 24.3 Å². The molecule has 1 aliphatic heterocycles. The van der Waals surface area contributed by atoms with Gasteiger partial charge in [0.25, 0.3) is 11.1 Å². The smallest absolute Gasteiger partial charge is 0.316 e. The third kappa shape index (κ3) is 4.97. The summed E-state index contributed by atoms with van der Waals surface area (Å²) in [6.45, 7) is -0.375. The molecule has 4 rings (SSSR count). The quantitative estimate of drug-likeness (QED) is 0.466. The summed E-state index contributed by atoms with van der Waals surface area (Å²) < 4.78 is 34.5. The van der Waals surface area contributed by atoms with Crippen LogP contribution in [0.15, 0.2) is 33.9 Å². The van der Waals surface area contributed by atoms with Crippen LogP contribution in [0.4, 0.5) is 0 Å². The van der Waals surface area contributed by atoms with E-state index in [0.717, 1.165) is 37.4 Å². The van der Waals surface area contributed by atoms with E-state index < -0.39 is 15.8 Å². The monoisotopic (exact) mass is 452 g/mol. The first-order chi connectivity index (χ1) is 14.4. The normalized spacial score (nSPS) is 21.1. The van der Waals surface area contributed by atoms with Crippen molar-refractivity contribution in [1.82, 2.24) is 9.88 Å². The lowest BCUT2D eigenvalue weighted by atomic mass is 10.1. The lowest BCUT2D eigenvalue weighted by molar-refractivity contribution is -0.152. The highest BCUT2D eigenvalue weighted by Gasteiger charge is 2.39. The Morgan fingerprint density at radius 3 is 2.63 bits per heavy atom. The number of rotatable bonds is 7. The number of hydrogen-bond acceptors (Lipinski definition) is 8. The Balaban J connectivity index is 1.31. The fourth-order valence-corrected chi connectivity index (χ4v) is 6.52. The Morgan fingerprint density at radius 2 is 1.93 bits per heavy atom. The molecule has 1 aromatic heterocycles. The number of amides is 1. The number of nitrogens with zero attached hydrogens (tertiary/aromatic N) is 2. The van der Waals surface area contributed by atoms with Crippen molar-refractivity contribution < 1.29 is 27.2 Å². The van der Waals surface area contributed by atoms with Gasteiger partial charge in [0.1, 0.15) is 11.3 Å². The number of esters is 1. The van der Waals surface area contributed by atoms with E-state index >= 15 is 0 Å². The van der Waals surface area contributed by atoms with E-state index in [4.69, 9.17) is 9.15 Å². The zero-order valence-corrected chi connectivity index (χ0v) is 18.1. The summed E-state index contributed by atoms with van der Waals surface area (Å²) in [4.78, 5) is 30.9. The Hall–Kier alpha value is -2.07. The van der Waals surface area contributed by atoms with Crippen molar-refractivity contribution >= 4 is 44.6 Å². The summed E-state index contributed by atoms with van der Waals surface area (Å²) in [5, 5.41) is 0.364. The predicted octanol–water partition coefficient (Wildman–Crippen LogP) is 2.42. The van der Waals surface area contributed by atoms with Crippen molar-refractivity contribution in [2.24, 2.45) is 0 Å². The largest absolute Gasteiger partial charge is 0.455 e. The summed E-state index contributed by atoms with van der Waals surface area (Å²) in [5.74, 6) is -0.780. The van der Waals surface area contributed by atoms with Gasteiger partial charge in [0.15, 0.2) is 22.0 Å². The number of carbonyl (C=O) groups is 2. The van der Waals surface area contributed by atoms with E-state index in [1.54, 1.807) is 11.0 Å². The van der Waals surface area contributed by atoms with Gasteiger partial charge in [-0.1, -0.05) is 36.7 Å². The number of fused-ring (bicyclic) bond motifs is 1. The van der Waals surface area contributed by atoms with E-state index in [1.165, 1.54) is 0 Å². The highest BCUT2D eigenvalue weighted by molar-refractivity contribution is 7.99. The topological polar surface area (TPSA) is 107 Å². The van der Waals surface area contributed by atoms with Crippen molar-refractivity contribution in [3.8, 4) is 0 Å². The maximum Gasteiger partial charge on any atom is 0.316 e. The van der Waals surface area contributed by atoms with Crippen LogP contribution in [-0.2, 0) is 24.2 Å². The Labute approximate surface area is 179 Å². The van der Waals surface area contributed by atoms with Gasteiger partial charge in [-0.05, 0) is 31.4 Å². The van der Waals surface area contributed by atoms with Crippen molar-refractivity contribution in [3.63, 3.8) is 0 Å². The first kappa shape index (κ1) is 21.2. The number of hydrogen-bond donors (Lipinski definition) is 0. The van der Waals surface area contributed by atoms with Crippen molar-refractivity contribution in [2.75, 3.05) is 23.9 Å². The number of benzene rings is 1. The van der Waals surface area contributed by atoms with E-state index in [-0.39, 0.29) is 41.9 Å². The summed E-state index contributed by atoms with van der Waals surface area (Å²) in [7, 11) is -3.11. The first-order valence-corrected chi connectivity index (χ1v) is 12.9. The predicted molar refractivity (Wildman–Crippen MR) is 112 cm³/mol. The van der Waals surface area contributed by atoms with Gasteiger partial charge in [-0.25, -0.2) is 13.4 Å². The molecule has 1 unspecified atom stereocenters. The van der Waals surface area contributed by atoms with E-state index in [0.29, 0.717) is 22.7 Å². The molecule has 10 heteroatoms. The minimum absolute atomic E-state index is 0.00321. The number of carbonyl (C=O) groups excluding carboxylic acids is 2. The molecule has 1 saturated heterocycles. The third-order valence-corrected chi connectivity index (χ3v) is 8.10. The van der Waals surface area contributed by atoms with Gasteiger partial charge in [-0.15, -0.1) is 0 Å². The average Bonchev–Trinajstić information content (AvgIpc) is 3.45. The molecule has 2 heterocycles. The second-order valence-corrected chi connectivity index (χ2v) is 10.8. The van der Waals surface area contributed by atoms with Crippen LogP contribution in [-0.4, -0.2) is 66.1 Å². The highest BCUT2D eigenvalue weighted by atomic mass is 32.2. The van der Waals surface area contributed by atoms with Crippen molar-refractivity contribution in [2.45, 2.75) is 49.4 Å². The number of oxazole rings is 1.